The SMILES string of the molecule is Cc1ccc(S(=O)(=O)N2C[C@@H](c3ccccc3[N+](=O)[O-])CC2=O)cc1. The molecule has 0 bridgehead atoms. The molecule has 0 aliphatic carbocycles. The van der Waals surface area contributed by atoms with Gasteiger partial charge in [-0.3, -0.25) is 14.9 Å². The number of nitro groups is 1. The lowest BCUT2D eigenvalue weighted by Gasteiger charge is -2.17. The van der Waals surface area contributed by atoms with Crippen LogP contribution in [0.25, 0.3) is 0 Å². The Kier molecular flexibility index (Phi) is 4.30. The van der Waals surface area contributed by atoms with E-state index in [9.17, 15) is 23.3 Å². The van der Waals surface area contributed by atoms with E-state index in [4.69, 9.17) is 0 Å². The molecule has 3 rings (SSSR count). The third-order valence-corrected chi connectivity index (χ3v) is 6.07. The second kappa shape index (κ2) is 6.29. The molecule has 0 spiro atoms. The molecule has 1 fully saturated rings. The summed E-state index contributed by atoms with van der Waals surface area (Å²) in [4.78, 5) is 23.0. The highest BCUT2D eigenvalue weighted by Crippen LogP contribution is 2.36. The highest BCUT2D eigenvalue weighted by atomic mass is 32.2. The number of nitro benzene ring substituents is 1. The Labute approximate surface area is 145 Å². The van der Waals surface area contributed by atoms with Crippen molar-refractivity contribution in [3.8, 4) is 0 Å². The van der Waals surface area contributed by atoms with Gasteiger partial charge in [-0.15, -0.1) is 0 Å². The topological polar surface area (TPSA) is 97.6 Å². The summed E-state index contributed by atoms with van der Waals surface area (Å²) in [6, 6.07) is 12.3. The van der Waals surface area contributed by atoms with Gasteiger partial charge in [-0.2, -0.15) is 0 Å². The van der Waals surface area contributed by atoms with Gasteiger partial charge in [-0.1, -0.05) is 35.9 Å². The molecule has 7 nitrogen and oxygen atoms in total. The molecule has 0 radical (unpaired) electrons. The molecule has 1 saturated heterocycles. The number of sulfonamides is 1. The van der Waals surface area contributed by atoms with Crippen LogP contribution in [0.1, 0.15) is 23.5 Å². The van der Waals surface area contributed by atoms with Gasteiger partial charge in [-0.05, 0) is 19.1 Å². The van der Waals surface area contributed by atoms with Gasteiger partial charge in [0.05, 0.1) is 9.82 Å². The number of amides is 1. The van der Waals surface area contributed by atoms with Gasteiger partial charge in [-0.25, -0.2) is 12.7 Å². The molecule has 1 atom stereocenters. The number of carbonyl (C=O) groups excluding carboxylic acids is 1. The molecule has 2 aromatic carbocycles. The first-order chi connectivity index (χ1) is 11.8. The number of hydrogen-bond donors (Lipinski definition) is 0. The zero-order valence-electron chi connectivity index (χ0n) is 13.5. The van der Waals surface area contributed by atoms with Crippen LogP contribution in [0.4, 0.5) is 5.69 Å². The van der Waals surface area contributed by atoms with Crippen LogP contribution in [0, 0.1) is 17.0 Å². The minimum atomic E-state index is -3.96. The van der Waals surface area contributed by atoms with E-state index in [0.29, 0.717) is 5.56 Å². The smallest absolute Gasteiger partial charge is 0.272 e. The van der Waals surface area contributed by atoms with Crippen molar-refractivity contribution in [2.45, 2.75) is 24.2 Å². The normalized spacial score (nSPS) is 17.7. The lowest BCUT2D eigenvalue weighted by Crippen LogP contribution is -2.32. The first-order valence-corrected chi connectivity index (χ1v) is 9.10. The van der Waals surface area contributed by atoms with Gasteiger partial charge in [0.1, 0.15) is 0 Å². The highest BCUT2D eigenvalue weighted by molar-refractivity contribution is 7.89. The molecular formula is C17H16N2O5S. The molecule has 0 saturated carbocycles. The summed E-state index contributed by atoms with van der Waals surface area (Å²) in [5.74, 6) is -1.09. The van der Waals surface area contributed by atoms with Gasteiger partial charge >= 0.3 is 0 Å². The van der Waals surface area contributed by atoms with Crippen molar-refractivity contribution >= 4 is 21.6 Å². The van der Waals surface area contributed by atoms with E-state index in [1.54, 1.807) is 30.3 Å². The third kappa shape index (κ3) is 3.12. The molecule has 1 aliphatic rings. The van der Waals surface area contributed by atoms with E-state index in [-0.39, 0.29) is 23.5 Å². The Balaban J connectivity index is 1.93. The highest BCUT2D eigenvalue weighted by Gasteiger charge is 2.40. The second-order valence-electron chi connectivity index (χ2n) is 5.96. The second-order valence-corrected chi connectivity index (χ2v) is 7.82. The summed E-state index contributed by atoms with van der Waals surface area (Å²) in [7, 11) is -3.96. The van der Waals surface area contributed by atoms with Gasteiger partial charge in [0.15, 0.2) is 0 Å². The molecule has 8 heteroatoms. The molecule has 2 aromatic rings. The van der Waals surface area contributed by atoms with Gasteiger partial charge in [0.25, 0.3) is 15.7 Å². The van der Waals surface area contributed by atoms with Gasteiger partial charge < -0.3 is 0 Å². The fraction of sp³-hybridized carbons (Fsp3) is 0.235. The van der Waals surface area contributed by atoms with Crippen LogP contribution < -0.4 is 0 Å². The number of aryl methyl sites for hydroxylation is 1. The van der Waals surface area contributed by atoms with Crippen molar-refractivity contribution < 1.29 is 18.1 Å². The zero-order valence-corrected chi connectivity index (χ0v) is 14.3. The van der Waals surface area contributed by atoms with Crippen molar-refractivity contribution in [2.24, 2.45) is 0 Å². The average Bonchev–Trinajstić information content (AvgIpc) is 2.98. The van der Waals surface area contributed by atoms with Crippen LogP contribution in [0.3, 0.4) is 0 Å². The van der Waals surface area contributed by atoms with Gasteiger partial charge in [0, 0.05) is 30.5 Å². The Bertz CT molecular complexity index is 938. The first kappa shape index (κ1) is 17.1. The largest absolute Gasteiger partial charge is 0.274 e. The Morgan fingerprint density at radius 1 is 1.12 bits per heavy atom. The van der Waals surface area contributed by atoms with E-state index >= 15 is 0 Å². The predicted octanol–water partition coefficient (Wildman–Crippen LogP) is 2.61. The van der Waals surface area contributed by atoms with Gasteiger partial charge in [0.2, 0.25) is 5.91 Å². The maximum atomic E-state index is 12.7. The van der Waals surface area contributed by atoms with Crippen LogP contribution in [0.15, 0.2) is 53.4 Å². The number of hydrogen-bond acceptors (Lipinski definition) is 5. The summed E-state index contributed by atoms with van der Waals surface area (Å²) < 4.78 is 26.3. The average molecular weight is 360 g/mol. The fourth-order valence-corrected chi connectivity index (χ4v) is 4.41. The molecule has 1 aliphatic heterocycles. The molecule has 130 valence electrons. The van der Waals surface area contributed by atoms with Crippen LogP contribution in [0.2, 0.25) is 0 Å². The first-order valence-electron chi connectivity index (χ1n) is 7.66. The number of carbonyl (C=O) groups is 1. The lowest BCUT2D eigenvalue weighted by molar-refractivity contribution is -0.385. The Morgan fingerprint density at radius 2 is 1.76 bits per heavy atom. The Hall–Kier alpha value is -2.74. The van der Waals surface area contributed by atoms with E-state index in [2.05, 4.69) is 0 Å². The molecule has 25 heavy (non-hydrogen) atoms. The number of para-hydroxylation sites is 1. The molecular weight excluding hydrogens is 344 g/mol. The van der Waals surface area contributed by atoms with Crippen molar-refractivity contribution in [1.82, 2.24) is 4.31 Å². The number of nitrogens with zero attached hydrogens (tertiary/aromatic N) is 2. The van der Waals surface area contributed by atoms with E-state index < -0.39 is 26.8 Å². The molecule has 1 amide bonds. The fourth-order valence-electron chi connectivity index (χ4n) is 2.96. The number of rotatable bonds is 4. The number of benzene rings is 2. The van der Waals surface area contributed by atoms with Crippen LogP contribution in [-0.2, 0) is 14.8 Å². The maximum Gasteiger partial charge on any atom is 0.272 e. The standard InChI is InChI=1S/C17H16N2O5S/c1-12-6-8-14(9-7-12)25(23,24)18-11-13(10-17(18)20)15-4-2-3-5-16(15)19(21)22/h2-9,13H,10-11H2,1H3/t13-/m0/s1. The molecule has 0 aromatic heterocycles. The van der Waals surface area contributed by atoms with Crippen LogP contribution in [-0.4, -0.2) is 30.1 Å². The predicted molar refractivity (Wildman–Crippen MR) is 90.5 cm³/mol. The maximum absolute atomic E-state index is 12.7. The van der Waals surface area contributed by atoms with E-state index in [0.717, 1.165) is 9.87 Å². The summed E-state index contributed by atoms with van der Waals surface area (Å²) in [6.07, 6.45) is -0.0735. The summed E-state index contributed by atoms with van der Waals surface area (Å²) in [5, 5.41) is 11.2. The summed E-state index contributed by atoms with van der Waals surface area (Å²) in [6.45, 7) is 1.74. The van der Waals surface area contributed by atoms with Crippen LogP contribution >= 0.6 is 0 Å². The minimum absolute atomic E-state index is 0.0367. The van der Waals surface area contributed by atoms with Crippen molar-refractivity contribution in [1.29, 1.82) is 0 Å². The Morgan fingerprint density at radius 3 is 2.40 bits per heavy atom. The molecule has 1 heterocycles. The quantitative estimate of drug-likeness (QED) is 0.616. The van der Waals surface area contributed by atoms with E-state index in [1.165, 1.54) is 18.2 Å². The molecule has 0 unspecified atom stereocenters. The monoisotopic (exact) mass is 360 g/mol. The van der Waals surface area contributed by atoms with Crippen molar-refractivity contribution in [3.05, 3.63) is 69.8 Å². The van der Waals surface area contributed by atoms with E-state index in [1.807, 2.05) is 6.92 Å². The lowest BCUT2D eigenvalue weighted by atomic mass is 9.97. The van der Waals surface area contributed by atoms with Crippen LogP contribution in [0.5, 0.6) is 0 Å². The minimum Gasteiger partial charge on any atom is -0.274 e. The zero-order chi connectivity index (χ0) is 18.2. The van der Waals surface area contributed by atoms with Crippen molar-refractivity contribution in [3.63, 3.8) is 0 Å². The summed E-state index contributed by atoms with van der Waals surface area (Å²) >= 11 is 0. The third-order valence-electron chi connectivity index (χ3n) is 4.27. The van der Waals surface area contributed by atoms with Crippen molar-refractivity contribution in [2.75, 3.05) is 6.54 Å². The summed E-state index contributed by atoms with van der Waals surface area (Å²) in [5.41, 5.74) is 1.18. The molecule has 0 N–H and O–H groups in total.